The second-order valence-electron chi connectivity index (χ2n) is 3.30. The van der Waals surface area contributed by atoms with Crippen molar-refractivity contribution in [2.75, 3.05) is 0 Å². The van der Waals surface area contributed by atoms with Crippen LogP contribution in [0.25, 0.3) is 0 Å². The third-order valence-corrected chi connectivity index (χ3v) is 3.40. The first-order chi connectivity index (χ1) is 7.68. The maximum absolute atomic E-state index is 13.2. The van der Waals surface area contributed by atoms with Crippen LogP contribution in [0.3, 0.4) is 0 Å². The number of hydrogen-bond donors (Lipinski definition) is 1. The topological polar surface area (TPSA) is 37.3 Å². The Bertz CT molecular complexity index is 514. The lowest BCUT2D eigenvalue weighted by atomic mass is 10.0. The van der Waals surface area contributed by atoms with Crippen molar-refractivity contribution in [1.29, 1.82) is 0 Å². The number of thioether (sulfide) groups is 1. The van der Waals surface area contributed by atoms with Crippen LogP contribution in [0, 0.1) is 5.82 Å². The molecule has 0 bridgehead atoms. The molecule has 1 heterocycles. The standard InChI is InChI=1S/C9H3F5O2S/c10-4-2-1-3-6(5(4)7(15)16)17-9(13,14)8(3,11)12/h1-2H,(H,15,16). The van der Waals surface area contributed by atoms with Crippen LogP contribution in [0.4, 0.5) is 22.0 Å². The molecule has 0 fully saturated rings. The van der Waals surface area contributed by atoms with Gasteiger partial charge in [-0.3, -0.25) is 0 Å². The van der Waals surface area contributed by atoms with Crippen molar-refractivity contribution in [3.05, 3.63) is 29.1 Å². The second kappa shape index (κ2) is 3.34. The average Bonchev–Trinajstić information content (AvgIpc) is 2.32. The second-order valence-corrected chi connectivity index (χ2v) is 4.42. The molecule has 0 unspecified atom stereocenters. The van der Waals surface area contributed by atoms with Gasteiger partial charge >= 0.3 is 17.1 Å². The summed E-state index contributed by atoms with van der Waals surface area (Å²) in [6, 6.07) is 0.920. The van der Waals surface area contributed by atoms with Crippen molar-refractivity contribution in [2.24, 2.45) is 0 Å². The normalized spacial score (nSPS) is 20.1. The lowest BCUT2D eigenvalue weighted by Crippen LogP contribution is -2.29. The molecule has 1 aliphatic heterocycles. The van der Waals surface area contributed by atoms with Gasteiger partial charge < -0.3 is 5.11 Å². The predicted molar refractivity (Wildman–Crippen MR) is 48.1 cm³/mol. The van der Waals surface area contributed by atoms with Crippen LogP contribution >= 0.6 is 11.8 Å². The minimum Gasteiger partial charge on any atom is -0.478 e. The van der Waals surface area contributed by atoms with Gasteiger partial charge in [0.1, 0.15) is 11.4 Å². The number of carboxylic acids is 1. The summed E-state index contributed by atoms with van der Waals surface area (Å²) < 4.78 is 65.5. The van der Waals surface area contributed by atoms with Gasteiger partial charge in [-0.05, 0) is 23.9 Å². The molecule has 17 heavy (non-hydrogen) atoms. The Kier molecular flexibility index (Phi) is 2.39. The molecule has 2 nitrogen and oxygen atoms in total. The monoisotopic (exact) mass is 270 g/mol. The number of carbonyl (C=O) groups is 1. The van der Waals surface area contributed by atoms with E-state index in [9.17, 15) is 26.7 Å². The molecular formula is C9H3F5O2S. The van der Waals surface area contributed by atoms with Crippen molar-refractivity contribution < 1.29 is 31.9 Å². The van der Waals surface area contributed by atoms with Gasteiger partial charge in [-0.25, -0.2) is 9.18 Å². The van der Waals surface area contributed by atoms with E-state index >= 15 is 0 Å². The number of aromatic carboxylic acids is 1. The third kappa shape index (κ3) is 1.50. The highest BCUT2D eigenvalue weighted by Crippen LogP contribution is 2.61. The molecule has 0 amide bonds. The highest BCUT2D eigenvalue weighted by atomic mass is 32.2. The molecule has 0 radical (unpaired) electrons. The molecule has 0 spiro atoms. The molecule has 8 heteroatoms. The van der Waals surface area contributed by atoms with Gasteiger partial charge in [-0.1, -0.05) is 0 Å². The quantitative estimate of drug-likeness (QED) is 0.795. The zero-order valence-corrected chi connectivity index (χ0v) is 8.62. The van der Waals surface area contributed by atoms with Crippen LogP contribution in [-0.4, -0.2) is 16.3 Å². The van der Waals surface area contributed by atoms with Crippen LogP contribution in [0.1, 0.15) is 15.9 Å². The Labute approximate surface area is 95.4 Å². The van der Waals surface area contributed by atoms with E-state index in [2.05, 4.69) is 0 Å². The number of benzene rings is 1. The minimum absolute atomic E-state index is 0.443. The highest BCUT2D eigenvalue weighted by Gasteiger charge is 2.65. The first-order valence-electron chi connectivity index (χ1n) is 4.19. The number of halogens is 5. The zero-order chi connectivity index (χ0) is 13.0. The van der Waals surface area contributed by atoms with Crippen molar-refractivity contribution in [3.63, 3.8) is 0 Å². The zero-order valence-electron chi connectivity index (χ0n) is 7.81. The number of rotatable bonds is 1. The van der Waals surface area contributed by atoms with Crippen LogP contribution in [0.15, 0.2) is 17.0 Å². The van der Waals surface area contributed by atoms with Crippen LogP contribution in [-0.2, 0) is 5.92 Å². The Morgan fingerprint density at radius 3 is 2.35 bits per heavy atom. The molecule has 0 saturated carbocycles. The van der Waals surface area contributed by atoms with Crippen molar-refractivity contribution in [2.45, 2.75) is 16.1 Å². The number of carboxylic acid groups (broad SMARTS) is 1. The Hall–Kier alpha value is -1.31. The number of alkyl halides is 4. The first-order valence-corrected chi connectivity index (χ1v) is 5.01. The lowest BCUT2D eigenvalue weighted by Gasteiger charge is -2.17. The van der Waals surface area contributed by atoms with Gasteiger partial charge in [0, 0.05) is 10.5 Å². The Morgan fingerprint density at radius 2 is 1.82 bits per heavy atom. The third-order valence-electron chi connectivity index (χ3n) is 2.25. The maximum atomic E-state index is 13.2. The molecule has 0 saturated heterocycles. The largest absolute Gasteiger partial charge is 0.478 e. The van der Waals surface area contributed by atoms with E-state index < -0.39 is 50.7 Å². The molecule has 0 aromatic heterocycles. The summed E-state index contributed by atoms with van der Waals surface area (Å²) in [7, 11) is 0. The van der Waals surface area contributed by atoms with E-state index in [4.69, 9.17) is 5.11 Å². The van der Waals surface area contributed by atoms with Crippen LogP contribution in [0.2, 0.25) is 0 Å². The summed E-state index contributed by atoms with van der Waals surface area (Å²) in [5.41, 5.74) is -2.31. The van der Waals surface area contributed by atoms with E-state index in [1.807, 2.05) is 0 Å². The highest BCUT2D eigenvalue weighted by molar-refractivity contribution is 8.00. The van der Waals surface area contributed by atoms with E-state index in [1.165, 1.54) is 0 Å². The van der Waals surface area contributed by atoms with Crippen molar-refractivity contribution >= 4 is 17.7 Å². The Morgan fingerprint density at radius 1 is 1.24 bits per heavy atom. The molecule has 0 aliphatic carbocycles. The number of hydrogen-bond acceptors (Lipinski definition) is 2. The van der Waals surface area contributed by atoms with Gasteiger partial charge in [0.2, 0.25) is 0 Å². The van der Waals surface area contributed by atoms with E-state index in [-0.39, 0.29) is 0 Å². The molecule has 1 aliphatic rings. The molecule has 92 valence electrons. The molecule has 1 N–H and O–H groups in total. The van der Waals surface area contributed by atoms with Crippen molar-refractivity contribution in [3.8, 4) is 0 Å². The minimum atomic E-state index is -4.51. The van der Waals surface area contributed by atoms with Crippen molar-refractivity contribution in [1.82, 2.24) is 0 Å². The van der Waals surface area contributed by atoms with E-state index in [0.29, 0.717) is 12.1 Å². The van der Waals surface area contributed by atoms with E-state index in [1.54, 1.807) is 0 Å². The van der Waals surface area contributed by atoms with Crippen LogP contribution in [0.5, 0.6) is 0 Å². The smallest absolute Gasteiger partial charge is 0.364 e. The summed E-state index contributed by atoms with van der Waals surface area (Å²) in [5.74, 6) is -7.69. The van der Waals surface area contributed by atoms with Crippen LogP contribution < -0.4 is 0 Å². The summed E-state index contributed by atoms with van der Waals surface area (Å²) in [6.07, 6.45) is 0. The molecule has 2 rings (SSSR count). The van der Waals surface area contributed by atoms with Gasteiger partial charge in [-0.2, -0.15) is 17.6 Å². The molecule has 1 aromatic rings. The molecule has 0 atom stereocenters. The fraction of sp³-hybridized carbons (Fsp3) is 0.222. The predicted octanol–water partition coefficient (Wildman–Crippen LogP) is 3.31. The molecule has 1 aromatic carbocycles. The fourth-order valence-electron chi connectivity index (χ4n) is 1.46. The van der Waals surface area contributed by atoms with E-state index in [0.717, 1.165) is 0 Å². The van der Waals surface area contributed by atoms with Gasteiger partial charge in [0.25, 0.3) is 0 Å². The fourth-order valence-corrected chi connectivity index (χ4v) is 2.55. The SMILES string of the molecule is O=C(O)c1c(F)ccc2c1SC(F)(F)C2(F)F. The summed E-state index contributed by atoms with van der Waals surface area (Å²) in [6.45, 7) is 0. The lowest BCUT2D eigenvalue weighted by molar-refractivity contribution is -0.154. The average molecular weight is 270 g/mol. The van der Waals surface area contributed by atoms with Gasteiger partial charge in [0.15, 0.2) is 0 Å². The van der Waals surface area contributed by atoms with Gasteiger partial charge in [-0.15, -0.1) is 0 Å². The first kappa shape index (κ1) is 12.2. The summed E-state index contributed by atoms with van der Waals surface area (Å²) in [4.78, 5) is 9.74. The molecular weight excluding hydrogens is 267 g/mol. The summed E-state index contributed by atoms with van der Waals surface area (Å²) in [5, 5.41) is 4.15. The summed E-state index contributed by atoms with van der Waals surface area (Å²) >= 11 is -0.635. The number of fused-ring (bicyclic) bond motifs is 1. The van der Waals surface area contributed by atoms with Gasteiger partial charge in [0.05, 0.1) is 0 Å². The Balaban J connectivity index is 2.74. The maximum Gasteiger partial charge on any atom is 0.364 e.